The molecule has 0 unspecified atom stereocenters. The molecule has 1 aromatic carbocycles. The minimum absolute atomic E-state index is 0.516. The highest BCUT2D eigenvalue weighted by Crippen LogP contribution is 2.19. The number of benzene rings is 1. The minimum atomic E-state index is 0.516. The number of halogens is 1. The largest absolute Gasteiger partial charge is 0.122 e. The lowest BCUT2D eigenvalue weighted by Gasteiger charge is -2.09. The first-order chi connectivity index (χ1) is 7.04. The molecule has 0 atom stereocenters. The third-order valence-electron chi connectivity index (χ3n) is 2.67. The molecule has 0 spiro atoms. The first kappa shape index (κ1) is 12.3. The molecule has 82 valence electrons. The van der Waals surface area contributed by atoms with Gasteiger partial charge in [0.1, 0.15) is 0 Å². The predicted molar refractivity (Wildman–Crippen MR) is 69.5 cm³/mol. The van der Waals surface area contributed by atoms with E-state index in [-0.39, 0.29) is 0 Å². The van der Waals surface area contributed by atoms with Gasteiger partial charge in [-0.15, -0.1) is 11.6 Å². The fourth-order valence-corrected chi connectivity index (χ4v) is 1.86. The van der Waals surface area contributed by atoms with Crippen molar-refractivity contribution < 1.29 is 0 Å². The molecule has 0 nitrogen and oxygen atoms in total. The Labute approximate surface area is 98.0 Å². The van der Waals surface area contributed by atoms with Crippen LogP contribution in [0, 0.1) is 19.8 Å². The summed E-state index contributed by atoms with van der Waals surface area (Å²) in [6.07, 6.45) is 2.22. The number of aryl methyl sites for hydroxylation is 2. The number of allylic oxidation sites excluding steroid dienone is 1. The zero-order valence-corrected chi connectivity index (χ0v) is 10.7. The maximum atomic E-state index is 5.94. The van der Waals surface area contributed by atoms with Crippen molar-refractivity contribution >= 4 is 17.7 Å². The summed E-state index contributed by atoms with van der Waals surface area (Å²) in [5.41, 5.74) is 5.19. The van der Waals surface area contributed by atoms with Crippen molar-refractivity contribution in [2.75, 3.05) is 5.88 Å². The number of alkyl halides is 1. The van der Waals surface area contributed by atoms with Gasteiger partial charge in [0, 0.05) is 5.88 Å². The van der Waals surface area contributed by atoms with Crippen LogP contribution in [0.15, 0.2) is 23.8 Å². The molecule has 15 heavy (non-hydrogen) atoms. The van der Waals surface area contributed by atoms with E-state index in [1.807, 2.05) is 0 Å². The normalized spacial score (nSPS) is 12.3. The van der Waals surface area contributed by atoms with Gasteiger partial charge in [0.05, 0.1) is 0 Å². The summed E-state index contributed by atoms with van der Waals surface area (Å²) >= 11 is 5.94. The summed E-state index contributed by atoms with van der Waals surface area (Å²) < 4.78 is 0. The van der Waals surface area contributed by atoms with Crippen molar-refractivity contribution in [2.45, 2.75) is 27.7 Å². The van der Waals surface area contributed by atoms with Crippen LogP contribution in [-0.2, 0) is 0 Å². The molecule has 0 aromatic heterocycles. The standard InChI is InChI=1S/C14H19Cl/c1-10(2)14(9-15)8-13-7-11(3)5-6-12(13)4/h5-8,10H,9H2,1-4H3. The lowest BCUT2D eigenvalue weighted by atomic mass is 9.98. The Balaban J connectivity index is 3.10. The molecule has 0 amide bonds. The van der Waals surface area contributed by atoms with Crippen molar-refractivity contribution in [3.05, 3.63) is 40.5 Å². The second-order valence-electron chi connectivity index (χ2n) is 4.37. The van der Waals surface area contributed by atoms with Crippen LogP contribution < -0.4 is 0 Å². The van der Waals surface area contributed by atoms with E-state index in [0.29, 0.717) is 11.8 Å². The molecule has 0 N–H and O–H groups in total. The Morgan fingerprint density at radius 3 is 2.53 bits per heavy atom. The van der Waals surface area contributed by atoms with E-state index < -0.39 is 0 Å². The van der Waals surface area contributed by atoms with Gasteiger partial charge in [0.25, 0.3) is 0 Å². The fourth-order valence-electron chi connectivity index (χ4n) is 1.47. The van der Waals surface area contributed by atoms with Crippen molar-refractivity contribution in [1.82, 2.24) is 0 Å². The molecule has 0 bridgehead atoms. The maximum Gasteiger partial charge on any atom is 0.0439 e. The Hall–Kier alpha value is -0.750. The van der Waals surface area contributed by atoms with Crippen LogP contribution in [0.5, 0.6) is 0 Å². The van der Waals surface area contributed by atoms with Crippen LogP contribution in [0.4, 0.5) is 0 Å². The Kier molecular flexibility index (Phi) is 4.41. The van der Waals surface area contributed by atoms with Gasteiger partial charge in [-0.2, -0.15) is 0 Å². The van der Waals surface area contributed by atoms with E-state index in [1.54, 1.807) is 0 Å². The average molecular weight is 223 g/mol. The quantitative estimate of drug-likeness (QED) is 0.657. The molecule has 1 rings (SSSR count). The molecule has 0 saturated heterocycles. The molecule has 1 aromatic rings. The summed E-state index contributed by atoms with van der Waals surface area (Å²) in [7, 11) is 0. The Morgan fingerprint density at radius 2 is 2.00 bits per heavy atom. The zero-order chi connectivity index (χ0) is 11.4. The highest BCUT2D eigenvalue weighted by molar-refractivity contribution is 6.19. The maximum absolute atomic E-state index is 5.94. The van der Waals surface area contributed by atoms with Gasteiger partial charge in [-0.1, -0.05) is 49.3 Å². The van der Waals surface area contributed by atoms with Gasteiger partial charge in [-0.25, -0.2) is 0 Å². The van der Waals surface area contributed by atoms with Crippen LogP contribution in [0.3, 0.4) is 0 Å². The second kappa shape index (κ2) is 5.37. The predicted octanol–water partition coefficient (Wildman–Crippen LogP) is 4.58. The molecule has 0 heterocycles. The number of hydrogen-bond donors (Lipinski definition) is 0. The molecule has 0 saturated carbocycles. The first-order valence-electron chi connectivity index (χ1n) is 5.38. The van der Waals surface area contributed by atoms with Crippen molar-refractivity contribution in [3.63, 3.8) is 0 Å². The molecule has 0 aliphatic heterocycles. The van der Waals surface area contributed by atoms with Crippen molar-refractivity contribution in [2.24, 2.45) is 5.92 Å². The summed E-state index contributed by atoms with van der Waals surface area (Å²) in [4.78, 5) is 0. The zero-order valence-electron chi connectivity index (χ0n) is 9.97. The average Bonchev–Trinajstić information content (AvgIpc) is 2.18. The Bertz CT molecular complexity index is 362. The topological polar surface area (TPSA) is 0 Å². The van der Waals surface area contributed by atoms with E-state index in [0.717, 1.165) is 0 Å². The third kappa shape index (κ3) is 3.39. The van der Waals surface area contributed by atoms with Gasteiger partial charge in [-0.05, 0) is 30.9 Å². The minimum Gasteiger partial charge on any atom is -0.122 e. The van der Waals surface area contributed by atoms with Crippen molar-refractivity contribution in [3.8, 4) is 0 Å². The molecular formula is C14H19Cl. The summed E-state index contributed by atoms with van der Waals surface area (Å²) in [6, 6.07) is 6.51. The van der Waals surface area contributed by atoms with Gasteiger partial charge in [0.2, 0.25) is 0 Å². The van der Waals surface area contributed by atoms with E-state index >= 15 is 0 Å². The monoisotopic (exact) mass is 222 g/mol. The van der Waals surface area contributed by atoms with E-state index in [9.17, 15) is 0 Å². The van der Waals surface area contributed by atoms with Crippen LogP contribution in [0.1, 0.15) is 30.5 Å². The SMILES string of the molecule is Cc1ccc(C)c(C=C(CCl)C(C)C)c1. The highest BCUT2D eigenvalue weighted by atomic mass is 35.5. The van der Waals surface area contributed by atoms with Gasteiger partial charge >= 0.3 is 0 Å². The summed E-state index contributed by atoms with van der Waals surface area (Å²) in [6.45, 7) is 8.61. The van der Waals surface area contributed by atoms with E-state index in [1.165, 1.54) is 22.3 Å². The van der Waals surface area contributed by atoms with Crippen LogP contribution in [-0.4, -0.2) is 5.88 Å². The molecule has 0 aliphatic rings. The van der Waals surface area contributed by atoms with E-state index in [4.69, 9.17) is 11.6 Å². The number of rotatable bonds is 3. The van der Waals surface area contributed by atoms with E-state index in [2.05, 4.69) is 52.0 Å². The molecule has 0 fully saturated rings. The smallest absolute Gasteiger partial charge is 0.0439 e. The van der Waals surface area contributed by atoms with Crippen LogP contribution in [0.25, 0.3) is 6.08 Å². The van der Waals surface area contributed by atoms with Crippen molar-refractivity contribution in [1.29, 1.82) is 0 Å². The molecule has 0 aliphatic carbocycles. The van der Waals surface area contributed by atoms with Crippen LogP contribution in [0.2, 0.25) is 0 Å². The number of hydrogen-bond acceptors (Lipinski definition) is 0. The molecule has 0 radical (unpaired) electrons. The third-order valence-corrected chi connectivity index (χ3v) is 2.98. The lowest BCUT2D eigenvalue weighted by molar-refractivity contribution is 0.778. The summed E-state index contributed by atoms with van der Waals surface area (Å²) in [5.74, 6) is 1.13. The highest BCUT2D eigenvalue weighted by Gasteiger charge is 2.03. The van der Waals surface area contributed by atoms with Gasteiger partial charge in [-0.3, -0.25) is 0 Å². The second-order valence-corrected chi connectivity index (χ2v) is 4.63. The Morgan fingerprint density at radius 1 is 1.33 bits per heavy atom. The fraction of sp³-hybridized carbons (Fsp3) is 0.429. The first-order valence-corrected chi connectivity index (χ1v) is 5.91. The van der Waals surface area contributed by atoms with Crippen LogP contribution >= 0.6 is 11.6 Å². The lowest BCUT2D eigenvalue weighted by Crippen LogP contribution is -1.96. The summed E-state index contributed by atoms with van der Waals surface area (Å²) in [5, 5.41) is 0. The molecule has 1 heteroatoms. The van der Waals surface area contributed by atoms with Gasteiger partial charge in [0.15, 0.2) is 0 Å². The molecular weight excluding hydrogens is 204 g/mol. The van der Waals surface area contributed by atoms with Gasteiger partial charge < -0.3 is 0 Å².